The molecule has 0 radical (unpaired) electrons. The van der Waals surface area contributed by atoms with Crippen LogP contribution in [0.4, 0.5) is 0 Å². The molecule has 0 aliphatic carbocycles. The van der Waals surface area contributed by atoms with E-state index >= 15 is 0 Å². The lowest BCUT2D eigenvalue weighted by Gasteiger charge is -2.20. The van der Waals surface area contributed by atoms with Crippen molar-refractivity contribution in [2.24, 2.45) is 0 Å². The maximum Gasteiger partial charge on any atom is 0.178 e. The van der Waals surface area contributed by atoms with Gasteiger partial charge in [0.15, 0.2) is 6.79 Å². The van der Waals surface area contributed by atoms with Gasteiger partial charge in [-0.3, -0.25) is 0 Å². The van der Waals surface area contributed by atoms with E-state index in [1.165, 1.54) is 0 Å². The van der Waals surface area contributed by atoms with Crippen LogP contribution in [0.1, 0.15) is 27.2 Å². The molecule has 9 heavy (non-hydrogen) atoms. The van der Waals surface area contributed by atoms with Gasteiger partial charge in [-0.25, -0.2) is 9.78 Å². The second-order valence-electron chi connectivity index (χ2n) is 2.44. The van der Waals surface area contributed by atoms with Crippen LogP contribution in [0.15, 0.2) is 0 Å². The molecule has 3 nitrogen and oxygen atoms in total. The van der Waals surface area contributed by atoms with Crippen molar-refractivity contribution in [1.29, 1.82) is 0 Å². The minimum Gasteiger partial charge on any atom is -0.368 e. The number of hydrogen-bond donors (Lipinski definition) is 1. The van der Waals surface area contributed by atoms with E-state index in [-0.39, 0.29) is 12.4 Å². The molecule has 1 N–H and O–H groups in total. The van der Waals surface area contributed by atoms with E-state index in [4.69, 9.17) is 9.99 Å². The fourth-order valence-corrected chi connectivity index (χ4v) is 0.245. The summed E-state index contributed by atoms with van der Waals surface area (Å²) in [5, 5.41) is 8.18. The van der Waals surface area contributed by atoms with Crippen molar-refractivity contribution in [2.75, 3.05) is 6.79 Å². The first-order valence-corrected chi connectivity index (χ1v) is 3.04. The van der Waals surface area contributed by atoms with Gasteiger partial charge < -0.3 is 5.11 Å². The van der Waals surface area contributed by atoms with Gasteiger partial charge in [0.2, 0.25) is 0 Å². The van der Waals surface area contributed by atoms with Crippen molar-refractivity contribution in [3.8, 4) is 0 Å². The van der Waals surface area contributed by atoms with Gasteiger partial charge in [0.1, 0.15) is 0 Å². The minimum atomic E-state index is -0.385. The molecule has 0 amide bonds. The molecule has 0 saturated carbocycles. The Balaban J connectivity index is 3.33. The van der Waals surface area contributed by atoms with E-state index in [9.17, 15) is 0 Å². The maximum absolute atomic E-state index is 8.18. The van der Waals surface area contributed by atoms with E-state index < -0.39 is 0 Å². The monoisotopic (exact) mass is 134 g/mol. The third-order valence-corrected chi connectivity index (χ3v) is 1.19. The first-order chi connectivity index (χ1) is 4.12. The SMILES string of the molecule is CCC(C)(C)OOCO. The van der Waals surface area contributed by atoms with Crippen LogP contribution in [0, 0.1) is 0 Å². The number of aliphatic hydroxyl groups excluding tert-OH is 1. The first-order valence-electron chi connectivity index (χ1n) is 3.04. The highest BCUT2D eigenvalue weighted by atomic mass is 17.2. The third-order valence-electron chi connectivity index (χ3n) is 1.19. The summed E-state index contributed by atoms with van der Waals surface area (Å²) in [5.41, 5.74) is -0.289. The summed E-state index contributed by atoms with van der Waals surface area (Å²) in [6.07, 6.45) is 0.854. The van der Waals surface area contributed by atoms with Gasteiger partial charge in [-0.05, 0) is 20.3 Å². The second-order valence-corrected chi connectivity index (χ2v) is 2.44. The molecule has 56 valence electrons. The Morgan fingerprint density at radius 2 is 2.00 bits per heavy atom. The quantitative estimate of drug-likeness (QED) is 0.355. The molecule has 3 heteroatoms. The summed E-state index contributed by atoms with van der Waals surface area (Å²) in [6.45, 7) is 5.38. The highest BCUT2D eigenvalue weighted by Gasteiger charge is 2.15. The lowest BCUT2D eigenvalue weighted by molar-refractivity contribution is -0.379. The molecule has 0 aliphatic rings. The highest BCUT2D eigenvalue weighted by molar-refractivity contribution is 4.61. The van der Waals surface area contributed by atoms with E-state index in [1.807, 2.05) is 20.8 Å². The fourth-order valence-electron chi connectivity index (χ4n) is 0.245. The molecule has 0 rings (SSSR count). The second kappa shape index (κ2) is 3.82. The zero-order valence-corrected chi connectivity index (χ0v) is 6.18. The molecule has 0 fully saturated rings. The molecular formula is C6H14O3. The predicted octanol–water partition coefficient (Wildman–Crippen LogP) is 1.07. The zero-order valence-electron chi connectivity index (χ0n) is 6.18. The molecule has 0 spiro atoms. The molecule has 0 aliphatic heterocycles. The summed E-state index contributed by atoms with van der Waals surface area (Å²) >= 11 is 0. The number of hydrogen-bond acceptors (Lipinski definition) is 3. The minimum absolute atomic E-state index is 0.289. The molecule has 0 bridgehead atoms. The standard InChI is InChI=1S/C6H14O3/c1-4-6(2,3)9-8-5-7/h7H,4-5H2,1-3H3. The van der Waals surface area contributed by atoms with Crippen molar-refractivity contribution in [3.63, 3.8) is 0 Å². The van der Waals surface area contributed by atoms with Crippen LogP contribution in [0.5, 0.6) is 0 Å². The number of aliphatic hydroxyl groups is 1. The van der Waals surface area contributed by atoms with Crippen molar-refractivity contribution in [1.82, 2.24) is 0 Å². The van der Waals surface area contributed by atoms with E-state index in [1.54, 1.807) is 0 Å². The Labute approximate surface area is 55.5 Å². The lowest BCUT2D eigenvalue weighted by Crippen LogP contribution is -2.23. The maximum atomic E-state index is 8.18. The molecule has 0 aromatic rings. The van der Waals surface area contributed by atoms with Gasteiger partial charge in [0.25, 0.3) is 0 Å². The summed E-state index contributed by atoms with van der Waals surface area (Å²) in [4.78, 5) is 9.12. The molecule has 0 aromatic carbocycles. The summed E-state index contributed by atoms with van der Waals surface area (Å²) in [5.74, 6) is 0. The average molecular weight is 134 g/mol. The van der Waals surface area contributed by atoms with Crippen molar-refractivity contribution in [2.45, 2.75) is 32.8 Å². The average Bonchev–Trinajstić information content (AvgIpc) is 1.84. The fraction of sp³-hybridized carbons (Fsp3) is 1.00. The summed E-state index contributed by atoms with van der Waals surface area (Å²) in [6, 6.07) is 0. The van der Waals surface area contributed by atoms with Gasteiger partial charge in [-0.2, -0.15) is 0 Å². The van der Waals surface area contributed by atoms with Gasteiger partial charge >= 0.3 is 0 Å². The highest BCUT2D eigenvalue weighted by Crippen LogP contribution is 2.12. The van der Waals surface area contributed by atoms with Gasteiger partial charge in [-0.1, -0.05) is 6.92 Å². The van der Waals surface area contributed by atoms with Crippen LogP contribution in [0.25, 0.3) is 0 Å². The van der Waals surface area contributed by atoms with Crippen molar-refractivity contribution < 1.29 is 14.9 Å². The molecular weight excluding hydrogens is 120 g/mol. The lowest BCUT2D eigenvalue weighted by atomic mass is 10.1. The smallest absolute Gasteiger partial charge is 0.178 e. The largest absolute Gasteiger partial charge is 0.368 e. The topological polar surface area (TPSA) is 38.7 Å². The Morgan fingerprint density at radius 3 is 2.33 bits per heavy atom. The van der Waals surface area contributed by atoms with E-state index in [2.05, 4.69) is 4.89 Å². The number of rotatable bonds is 4. The summed E-state index contributed by atoms with van der Waals surface area (Å²) < 4.78 is 0. The molecule has 0 unspecified atom stereocenters. The molecule has 0 heterocycles. The van der Waals surface area contributed by atoms with Gasteiger partial charge in [0, 0.05) is 0 Å². The van der Waals surface area contributed by atoms with Crippen molar-refractivity contribution >= 4 is 0 Å². The molecule has 0 atom stereocenters. The Kier molecular flexibility index (Phi) is 3.77. The Morgan fingerprint density at radius 1 is 1.44 bits per heavy atom. The van der Waals surface area contributed by atoms with Crippen LogP contribution in [-0.4, -0.2) is 17.5 Å². The zero-order chi connectivity index (χ0) is 7.33. The van der Waals surface area contributed by atoms with Crippen LogP contribution in [0.3, 0.4) is 0 Å². The van der Waals surface area contributed by atoms with Crippen LogP contribution in [0.2, 0.25) is 0 Å². The van der Waals surface area contributed by atoms with E-state index in [0.29, 0.717) is 0 Å². The van der Waals surface area contributed by atoms with Crippen LogP contribution < -0.4 is 0 Å². The molecule has 0 aromatic heterocycles. The Hall–Kier alpha value is -0.120. The van der Waals surface area contributed by atoms with Gasteiger partial charge in [-0.15, -0.1) is 0 Å². The van der Waals surface area contributed by atoms with Crippen molar-refractivity contribution in [3.05, 3.63) is 0 Å². The first kappa shape index (κ1) is 8.88. The third kappa shape index (κ3) is 4.39. The Bertz CT molecular complexity index is 70.7. The van der Waals surface area contributed by atoms with Gasteiger partial charge in [0.05, 0.1) is 5.60 Å². The predicted molar refractivity (Wildman–Crippen MR) is 33.6 cm³/mol. The molecule has 0 saturated heterocycles. The van der Waals surface area contributed by atoms with Crippen LogP contribution >= 0.6 is 0 Å². The normalized spacial score (nSPS) is 12.0. The van der Waals surface area contributed by atoms with E-state index in [0.717, 1.165) is 6.42 Å². The van der Waals surface area contributed by atoms with Crippen LogP contribution in [-0.2, 0) is 9.78 Å². The summed E-state index contributed by atoms with van der Waals surface area (Å²) in [7, 11) is 0.